The van der Waals surface area contributed by atoms with Crippen LogP contribution in [0.4, 0.5) is 21.6 Å². The van der Waals surface area contributed by atoms with Crippen molar-refractivity contribution in [2.24, 2.45) is 5.92 Å². The number of halogens is 1. The van der Waals surface area contributed by atoms with E-state index in [1.54, 1.807) is 4.52 Å². The van der Waals surface area contributed by atoms with Gasteiger partial charge in [-0.05, 0) is 55.1 Å². The highest BCUT2D eigenvalue weighted by Gasteiger charge is 2.39. The Balaban J connectivity index is 1.21. The van der Waals surface area contributed by atoms with Gasteiger partial charge >= 0.3 is 0 Å². The number of amides is 1. The monoisotopic (exact) mass is 512 g/mol. The molecule has 5 heterocycles. The number of anilines is 3. The molecule has 0 spiro atoms. The average molecular weight is 513 g/mol. The van der Waals surface area contributed by atoms with Crippen molar-refractivity contribution in [2.75, 3.05) is 36.9 Å². The fourth-order valence-electron chi connectivity index (χ4n) is 5.42. The van der Waals surface area contributed by atoms with Crippen LogP contribution in [0.5, 0.6) is 0 Å². The Kier molecular flexibility index (Phi) is 5.50. The molecule has 1 saturated carbocycles. The third-order valence-electron chi connectivity index (χ3n) is 7.78. The Morgan fingerprint density at radius 1 is 1.18 bits per heavy atom. The summed E-state index contributed by atoms with van der Waals surface area (Å²) in [4.78, 5) is 24.2. The number of benzene rings is 1. The van der Waals surface area contributed by atoms with E-state index < -0.39 is 12.2 Å². The van der Waals surface area contributed by atoms with Crippen LogP contribution in [0.3, 0.4) is 0 Å². The third-order valence-corrected chi connectivity index (χ3v) is 7.78. The first kappa shape index (κ1) is 23.1. The molecule has 3 aliphatic rings. The van der Waals surface area contributed by atoms with Crippen molar-refractivity contribution in [3.05, 3.63) is 65.6 Å². The zero-order valence-electron chi connectivity index (χ0n) is 21.1. The van der Waals surface area contributed by atoms with E-state index in [4.69, 9.17) is 10.1 Å². The van der Waals surface area contributed by atoms with E-state index in [0.29, 0.717) is 23.8 Å². The molecule has 1 saturated heterocycles. The van der Waals surface area contributed by atoms with E-state index in [2.05, 4.69) is 56.2 Å². The number of carbonyl (C=O) groups is 1. The van der Waals surface area contributed by atoms with Crippen molar-refractivity contribution < 1.29 is 9.18 Å². The molecule has 1 aromatic carbocycles. The molecule has 38 heavy (non-hydrogen) atoms. The maximum atomic E-state index is 13.4. The molecular weight excluding hydrogens is 483 g/mol. The number of fused-ring (bicyclic) bond motifs is 2. The van der Waals surface area contributed by atoms with Crippen LogP contribution in [0.2, 0.25) is 0 Å². The standard InChI is InChI=1S/C28H29FN8O/c1-30-23-11-26(35-37-25(15-33-27(23)37)28(38)34-22-10-20(22)29)36-8-7-19-18(3-2-4-24(19)36)21-6-5-16(14-32-21)9-17-12-31-13-17/h2-6,11,14-15,17,20,22,30-31H,7-10,12-13H2,1H3,(H,34,38)/t20-,22+/m0/s1. The minimum Gasteiger partial charge on any atom is -0.385 e. The molecule has 2 fully saturated rings. The van der Waals surface area contributed by atoms with Crippen LogP contribution in [0.15, 0.2) is 48.8 Å². The van der Waals surface area contributed by atoms with E-state index in [-0.39, 0.29) is 11.6 Å². The second kappa shape index (κ2) is 9.05. The van der Waals surface area contributed by atoms with Gasteiger partial charge in [-0.1, -0.05) is 18.2 Å². The van der Waals surface area contributed by atoms with E-state index in [1.165, 1.54) is 17.3 Å². The third kappa shape index (κ3) is 3.96. The number of aromatic nitrogens is 4. The van der Waals surface area contributed by atoms with Gasteiger partial charge in [-0.3, -0.25) is 9.78 Å². The molecule has 0 radical (unpaired) electrons. The topological polar surface area (TPSA) is 99.5 Å². The first-order valence-corrected chi connectivity index (χ1v) is 13.2. The number of carbonyl (C=O) groups excluding carboxylic acids is 1. The molecule has 3 aromatic heterocycles. The molecular formula is C28H29FN8O. The SMILES string of the molecule is CNc1cc(N2CCc3c(-c4ccc(CC5CNC5)cn4)cccc32)nn2c(C(=O)N[C@@H]3C[C@@H]3F)cnc12. The highest BCUT2D eigenvalue weighted by molar-refractivity contribution is 5.94. The van der Waals surface area contributed by atoms with Crippen molar-refractivity contribution in [2.45, 2.75) is 31.5 Å². The van der Waals surface area contributed by atoms with Crippen molar-refractivity contribution in [3.63, 3.8) is 0 Å². The first-order valence-electron chi connectivity index (χ1n) is 13.2. The van der Waals surface area contributed by atoms with Crippen LogP contribution < -0.4 is 20.9 Å². The van der Waals surface area contributed by atoms with Crippen LogP contribution in [0.1, 0.15) is 28.0 Å². The van der Waals surface area contributed by atoms with E-state index >= 15 is 0 Å². The quantitative estimate of drug-likeness (QED) is 0.350. The lowest BCUT2D eigenvalue weighted by Gasteiger charge is -2.26. The lowest BCUT2D eigenvalue weighted by Crippen LogP contribution is -2.43. The molecule has 1 amide bonds. The van der Waals surface area contributed by atoms with E-state index in [1.807, 2.05) is 19.3 Å². The summed E-state index contributed by atoms with van der Waals surface area (Å²) in [6, 6.07) is 12.1. The molecule has 10 heteroatoms. The number of pyridine rings is 1. The Hall–Kier alpha value is -4.05. The molecule has 194 valence electrons. The number of nitrogens with zero attached hydrogens (tertiary/aromatic N) is 5. The van der Waals surface area contributed by atoms with Gasteiger partial charge in [-0.2, -0.15) is 0 Å². The largest absolute Gasteiger partial charge is 0.385 e. The van der Waals surface area contributed by atoms with Crippen molar-refractivity contribution in [1.82, 2.24) is 30.2 Å². The maximum Gasteiger partial charge on any atom is 0.271 e. The molecule has 4 aromatic rings. The number of rotatable bonds is 7. The van der Waals surface area contributed by atoms with Crippen molar-refractivity contribution >= 4 is 28.7 Å². The van der Waals surface area contributed by atoms with Crippen LogP contribution in [0, 0.1) is 5.92 Å². The van der Waals surface area contributed by atoms with Crippen molar-refractivity contribution in [1.29, 1.82) is 0 Å². The van der Waals surface area contributed by atoms with E-state index in [0.717, 1.165) is 55.1 Å². The summed E-state index contributed by atoms with van der Waals surface area (Å²) in [7, 11) is 1.82. The number of nitrogens with one attached hydrogen (secondary N) is 3. The molecule has 3 N–H and O–H groups in total. The van der Waals surface area contributed by atoms with E-state index in [9.17, 15) is 9.18 Å². The zero-order valence-corrected chi connectivity index (χ0v) is 21.1. The molecule has 9 nitrogen and oxygen atoms in total. The maximum absolute atomic E-state index is 13.4. The first-order chi connectivity index (χ1) is 18.6. The van der Waals surface area contributed by atoms with Gasteiger partial charge in [0.1, 0.15) is 6.17 Å². The fraction of sp³-hybridized carbons (Fsp3) is 0.357. The number of hydrogen-bond donors (Lipinski definition) is 3. The Morgan fingerprint density at radius 2 is 2.05 bits per heavy atom. The van der Waals surface area contributed by atoms with Crippen LogP contribution >= 0.6 is 0 Å². The van der Waals surface area contributed by atoms with Gasteiger partial charge in [-0.15, -0.1) is 5.10 Å². The van der Waals surface area contributed by atoms with Crippen LogP contribution in [0.25, 0.3) is 16.9 Å². The molecule has 7 rings (SSSR count). The number of alkyl halides is 1. The number of imidazole rings is 1. The Morgan fingerprint density at radius 3 is 2.76 bits per heavy atom. The Bertz CT molecular complexity index is 1530. The molecule has 2 atom stereocenters. The predicted octanol–water partition coefficient (Wildman–Crippen LogP) is 3.13. The number of hydrogen-bond acceptors (Lipinski definition) is 7. The molecule has 0 unspecified atom stereocenters. The average Bonchev–Trinajstić information content (AvgIpc) is 3.28. The minimum absolute atomic E-state index is 0.285. The van der Waals surface area contributed by atoms with Gasteiger partial charge < -0.3 is 20.9 Å². The minimum atomic E-state index is -0.976. The highest BCUT2D eigenvalue weighted by Crippen LogP contribution is 2.40. The highest BCUT2D eigenvalue weighted by atomic mass is 19.1. The summed E-state index contributed by atoms with van der Waals surface area (Å²) >= 11 is 0. The van der Waals surface area contributed by atoms with Gasteiger partial charge in [0.2, 0.25) is 0 Å². The van der Waals surface area contributed by atoms with Gasteiger partial charge in [0, 0.05) is 43.5 Å². The lowest BCUT2D eigenvalue weighted by molar-refractivity contribution is 0.0940. The Labute approximate surface area is 219 Å². The summed E-state index contributed by atoms with van der Waals surface area (Å²) in [5, 5.41) is 14.0. The van der Waals surface area contributed by atoms with Gasteiger partial charge in [0.05, 0.1) is 23.6 Å². The summed E-state index contributed by atoms with van der Waals surface area (Å²) in [6.45, 7) is 2.92. The summed E-state index contributed by atoms with van der Waals surface area (Å²) in [5.74, 6) is 1.04. The van der Waals surface area contributed by atoms with Gasteiger partial charge in [0.25, 0.3) is 5.91 Å². The lowest BCUT2D eigenvalue weighted by atomic mass is 9.94. The van der Waals surface area contributed by atoms with Crippen LogP contribution in [-0.2, 0) is 12.8 Å². The zero-order chi connectivity index (χ0) is 25.8. The second-order valence-corrected chi connectivity index (χ2v) is 10.4. The second-order valence-electron chi connectivity index (χ2n) is 10.4. The molecule has 1 aliphatic carbocycles. The summed E-state index contributed by atoms with van der Waals surface area (Å²) in [6.07, 6.45) is 4.79. The smallest absolute Gasteiger partial charge is 0.271 e. The van der Waals surface area contributed by atoms with Gasteiger partial charge in [-0.25, -0.2) is 13.9 Å². The summed E-state index contributed by atoms with van der Waals surface area (Å²) in [5.41, 5.74) is 7.27. The summed E-state index contributed by atoms with van der Waals surface area (Å²) < 4.78 is 14.9. The van der Waals surface area contributed by atoms with Gasteiger partial charge in [0.15, 0.2) is 17.2 Å². The molecule has 2 aliphatic heterocycles. The normalized spacial score (nSPS) is 20.3. The molecule has 0 bridgehead atoms. The van der Waals surface area contributed by atoms with Crippen LogP contribution in [-0.4, -0.2) is 64.4 Å². The predicted molar refractivity (Wildman–Crippen MR) is 144 cm³/mol. The van der Waals surface area contributed by atoms with Crippen molar-refractivity contribution in [3.8, 4) is 11.3 Å². The fourth-order valence-corrected chi connectivity index (χ4v) is 5.42.